The van der Waals surface area contributed by atoms with E-state index in [4.69, 9.17) is 5.11 Å². The van der Waals surface area contributed by atoms with Crippen molar-refractivity contribution in [2.24, 2.45) is 0 Å². The Morgan fingerprint density at radius 2 is 1.62 bits per heavy atom. The Labute approximate surface area is 136 Å². The Morgan fingerprint density at radius 1 is 1.08 bits per heavy atom. The molecule has 132 valence electrons. The van der Waals surface area contributed by atoms with E-state index in [1.54, 1.807) is 0 Å². The van der Waals surface area contributed by atoms with Crippen LogP contribution in [0.3, 0.4) is 0 Å². The van der Waals surface area contributed by atoms with Gasteiger partial charge in [-0.3, -0.25) is 30.3 Å². The van der Waals surface area contributed by atoms with Crippen molar-refractivity contribution in [2.75, 3.05) is 6.54 Å². The first kappa shape index (κ1) is 19.2. The lowest BCUT2D eigenvalue weighted by Gasteiger charge is -2.21. The number of hydrogen-bond acceptors (Lipinski definition) is 8. The molecule has 1 aromatic rings. The fourth-order valence-electron chi connectivity index (χ4n) is 2.25. The van der Waals surface area contributed by atoms with Crippen LogP contribution in [0, 0.1) is 30.3 Å². The number of nitrogens with one attached hydrogen (secondary N) is 1. The Kier molecular flexibility index (Phi) is 6.98. The van der Waals surface area contributed by atoms with Crippen LogP contribution in [0.25, 0.3) is 0 Å². The minimum Gasteiger partial charge on any atom is -0.497 e. The highest BCUT2D eigenvalue weighted by molar-refractivity contribution is 5.64. The summed E-state index contributed by atoms with van der Waals surface area (Å²) < 4.78 is 0. The maximum absolute atomic E-state index is 10.4. The van der Waals surface area contributed by atoms with Crippen LogP contribution in [0.15, 0.2) is 12.1 Å². The van der Waals surface area contributed by atoms with Gasteiger partial charge < -0.3 is 10.4 Å². The average molecular weight is 342 g/mol. The first-order valence-electron chi connectivity index (χ1n) is 7.31. The van der Waals surface area contributed by atoms with E-state index in [0.717, 1.165) is 6.04 Å². The molecule has 1 atom stereocenters. The maximum Gasteiger partial charge on any atom is 0.324 e. The second-order valence-corrected chi connectivity index (χ2v) is 5.16. The third kappa shape index (κ3) is 5.12. The topological polar surface area (TPSA) is 162 Å². The van der Waals surface area contributed by atoms with Crippen molar-refractivity contribution >= 4 is 17.1 Å². The van der Waals surface area contributed by atoms with Crippen LogP contribution in [-0.2, 0) is 0 Å². The molecular formula is C13H18N4O7. The van der Waals surface area contributed by atoms with E-state index >= 15 is 0 Å². The number of phenols is 1. The highest BCUT2D eigenvalue weighted by Gasteiger charge is 2.30. The van der Waals surface area contributed by atoms with E-state index in [1.807, 2.05) is 0 Å². The zero-order valence-corrected chi connectivity index (χ0v) is 13.0. The zero-order valence-electron chi connectivity index (χ0n) is 13.0. The Morgan fingerprint density at radius 3 is 1.92 bits per heavy atom. The van der Waals surface area contributed by atoms with Gasteiger partial charge in [-0.1, -0.05) is 13.3 Å². The predicted octanol–water partition coefficient (Wildman–Crippen LogP) is 2.66. The molecule has 1 aromatic carbocycles. The fraction of sp³-hybridized carbons (Fsp3) is 0.538. The molecule has 0 spiro atoms. The maximum atomic E-state index is 10.4. The summed E-state index contributed by atoms with van der Waals surface area (Å²) in [5.41, 5.74) is -3.00. The molecule has 2 rings (SSSR count). The summed E-state index contributed by atoms with van der Waals surface area (Å²) in [6.45, 7) is 3.50. The SMILES string of the molecule is CCC1CCCCN1.O=[N+]([O-])c1cc([N+](=O)[O-])c(O)c([N+](=O)[O-])c1. The molecule has 1 aliphatic rings. The number of nitro benzene ring substituents is 3. The molecule has 11 nitrogen and oxygen atoms in total. The second kappa shape index (κ2) is 8.72. The summed E-state index contributed by atoms with van der Waals surface area (Å²) in [6, 6.07) is 1.73. The number of nitro groups is 3. The van der Waals surface area contributed by atoms with Crippen LogP contribution >= 0.6 is 0 Å². The normalized spacial score (nSPS) is 16.6. The van der Waals surface area contributed by atoms with Crippen LogP contribution in [0.4, 0.5) is 17.1 Å². The number of piperidine rings is 1. The lowest BCUT2D eigenvalue weighted by molar-refractivity contribution is -0.404. The van der Waals surface area contributed by atoms with Crippen LogP contribution in [-0.4, -0.2) is 32.5 Å². The van der Waals surface area contributed by atoms with Gasteiger partial charge in [-0.05, 0) is 25.8 Å². The lowest BCUT2D eigenvalue weighted by atomic mass is 10.0. The van der Waals surface area contributed by atoms with Gasteiger partial charge in [0.1, 0.15) is 0 Å². The number of non-ortho nitro benzene ring substituents is 1. The molecule has 0 amide bonds. The number of phenolic OH excluding ortho intramolecular Hbond substituents is 1. The van der Waals surface area contributed by atoms with Crippen molar-refractivity contribution in [2.45, 2.75) is 38.6 Å². The number of rotatable bonds is 4. The van der Waals surface area contributed by atoms with Gasteiger partial charge in [0.05, 0.1) is 26.9 Å². The number of nitrogens with zero attached hydrogens (tertiary/aromatic N) is 3. The van der Waals surface area contributed by atoms with Crippen LogP contribution in [0.1, 0.15) is 32.6 Å². The minimum absolute atomic E-state index is 0.447. The van der Waals surface area contributed by atoms with Crippen molar-refractivity contribution in [3.63, 3.8) is 0 Å². The highest BCUT2D eigenvalue weighted by atomic mass is 16.6. The minimum atomic E-state index is -1.21. The molecule has 2 N–H and O–H groups in total. The highest BCUT2D eigenvalue weighted by Crippen LogP contribution is 2.38. The van der Waals surface area contributed by atoms with Crippen molar-refractivity contribution in [3.8, 4) is 5.75 Å². The molecule has 0 bridgehead atoms. The molecule has 0 saturated carbocycles. The number of hydrogen-bond donors (Lipinski definition) is 2. The van der Waals surface area contributed by atoms with Gasteiger partial charge in [0.15, 0.2) is 0 Å². The molecule has 0 aromatic heterocycles. The Bertz CT molecular complexity index is 594. The van der Waals surface area contributed by atoms with Crippen LogP contribution in [0.2, 0.25) is 0 Å². The van der Waals surface area contributed by atoms with Crippen molar-refractivity contribution < 1.29 is 19.9 Å². The average Bonchev–Trinajstić information content (AvgIpc) is 2.55. The van der Waals surface area contributed by atoms with E-state index in [1.165, 1.54) is 32.2 Å². The van der Waals surface area contributed by atoms with Crippen molar-refractivity contribution in [3.05, 3.63) is 42.5 Å². The zero-order chi connectivity index (χ0) is 18.3. The van der Waals surface area contributed by atoms with Crippen molar-refractivity contribution in [1.82, 2.24) is 5.32 Å². The largest absolute Gasteiger partial charge is 0.497 e. The fourth-order valence-corrected chi connectivity index (χ4v) is 2.25. The summed E-state index contributed by atoms with van der Waals surface area (Å²) in [5, 5.41) is 43.7. The van der Waals surface area contributed by atoms with Gasteiger partial charge in [0.2, 0.25) is 0 Å². The molecular weight excluding hydrogens is 324 g/mol. The van der Waals surface area contributed by atoms with E-state index < -0.39 is 37.6 Å². The van der Waals surface area contributed by atoms with Gasteiger partial charge in [-0.2, -0.15) is 0 Å². The third-order valence-corrected chi connectivity index (χ3v) is 3.56. The number of benzene rings is 1. The molecule has 1 aliphatic heterocycles. The molecule has 0 aliphatic carbocycles. The molecule has 24 heavy (non-hydrogen) atoms. The summed E-state index contributed by atoms with van der Waals surface area (Å²) in [4.78, 5) is 27.8. The second-order valence-electron chi connectivity index (χ2n) is 5.16. The molecule has 0 radical (unpaired) electrons. The Balaban J connectivity index is 0.000000300. The first-order valence-corrected chi connectivity index (χ1v) is 7.31. The summed E-state index contributed by atoms with van der Waals surface area (Å²) in [7, 11) is 0. The van der Waals surface area contributed by atoms with Crippen LogP contribution in [0.5, 0.6) is 5.75 Å². The summed E-state index contributed by atoms with van der Waals surface area (Å²) in [5.74, 6) is -1.21. The summed E-state index contributed by atoms with van der Waals surface area (Å²) >= 11 is 0. The standard InChI is InChI=1S/C7H15N.C6H3N3O7/c1-2-7-5-3-4-6-8-7;10-6-4(8(13)14)1-3(7(11)12)2-5(6)9(15)16/h7-8H,2-6H2,1H3;1-2,10H. The van der Waals surface area contributed by atoms with Gasteiger partial charge in [-0.15, -0.1) is 0 Å². The third-order valence-electron chi connectivity index (χ3n) is 3.56. The number of aromatic hydroxyl groups is 1. The quantitative estimate of drug-likeness (QED) is 0.623. The van der Waals surface area contributed by atoms with E-state index in [2.05, 4.69) is 12.2 Å². The van der Waals surface area contributed by atoms with Gasteiger partial charge in [0, 0.05) is 6.04 Å². The van der Waals surface area contributed by atoms with E-state index in [0.29, 0.717) is 12.1 Å². The summed E-state index contributed by atoms with van der Waals surface area (Å²) in [6.07, 6.45) is 5.53. The molecule has 1 heterocycles. The molecule has 1 fully saturated rings. The van der Waals surface area contributed by atoms with Gasteiger partial charge in [-0.25, -0.2) is 0 Å². The molecule has 11 heteroatoms. The first-order chi connectivity index (χ1) is 11.3. The monoisotopic (exact) mass is 342 g/mol. The van der Waals surface area contributed by atoms with Crippen LogP contribution < -0.4 is 5.32 Å². The predicted molar refractivity (Wildman–Crippen MR) is 84.0 cm³/mol. The smallest absolute Gasteiger partial charge is 0.324 e. The van der Waals surface area contributed by atoms with Crippen molar-refractivity contribution in [1.29, 1.82) is 0 Å². The van der Waals surface area contributed by atoms with E-state index in [9.17, 15) is 30.3 Å². The van der Waals surface area contributed by atoms with Gasteiger partial charge in [0.25, 0.3) is 11.4 Å². The molecule has 1 unspecified atom stereocenters. The lowest BCUT2D eigenvalue weighted by Crippen LogP contribution is -2.32. The van der Waals surface area contributed by atoms with Gasteiger partial charge >= 0.3 is 11.4 Å². The Hall–Kier alpha value is -2.82. The van der Waals surface area contributed by atoms with E-state index in [-0.39, 0.29) is 0 Å². The molecule has 1 saturated heterocycles.